The van der Waals surface area contributed by atoms with Crippen LogP contribution in [0.5, 0.6) is 0 Å². The first-order valence-corrected chi connectivity index (χ1v) is 9.10. The van der Waals surface area contributed by atoms with Crippen LogP contribution >= 0.6 is 11.3 Å². The lowest BCUT2D eigenvalue weighted by molar-refractivity contribution is 0.496. The maximum Gasteiger partial charge on any atom is 0.250 e. The van der Waals surface area contributed by atoms with Crippen LogP contribution in [0.3, 0.4) is 0 Å². The molecule has 0 saturated heterocycles. The van der Waals surface area contributed by atoms with E-state index in [9.17, 15) is 8.42 Å². The van der Waals surface area contributed by atoms with Gasteiger partial charge >= 0.3 is 0 Å². The van der Waals surface area contributed by atoms with Gasteiger partial charge < -0.3 is 5.32 Å². The highest BCUT2D eigenvalue weighted by molar-refractivity contribution is 7.91. The van der Waals surface area contributed by atoms with E-state index in [0.29, 0.717) is 10.8 Å². The van der Waals surface area contributed by atoms with Crippen LogP contribution in [0.15, 0.2) is 16.3 Å². The Hall–Kier alpha value is -0.430. The molecule has 1 atom stereocenters. The fourth-order valence-corrected chi connectivity index (χ4v) is 4.82. The highest BCUT2D eigenvalue weighted by Crippen LogP contribution is 2.34. The third-order valence-electron chi connectivity index (χ3n) is 3.38. The standard InChI is InChI=1S/C13H22N2O2S2/c1-3-11(8-10-4-5-10)15-19(16,17)13-7-6-12(18-13)9-14-2/h6-7,10-11,14-15H,3-5,8-9H2,1-2H3. The molecule has 0 radical (unpaired) electrons. The van der Waals surface area contributed by atoms with Gasteiger partial charge in [0.05, 0.1) is 0 Å². The molecule has 0 aliphatic heterocycles. The Balaban J connectivity index is 2.02. The Labute approximate surface area is 119 Å². The van der Waals surface area contributed by atoms with E-state index >= 15 is 0 Å². The second-order valence-corrected chi connectivity index (χ2v) is 8.27. The lowest BCUT2D eigenvalue weighted by Gasteiger charge is -2.15. The zero-order chi connectivity index (χ0) is 13.9. The van der Waals surface area contributed by atoms with Crippen molar-refractivity contribution < 1.29 is 8.42 Å². The van der Waals surface area contributed by atoms with Crippen molar-refractivity contribution in [2.45, 2.75) is 49.4 Å². The third kappa shape index (κ3) is 4.27. The van der Waals surface area contributed by atoms with Crippen molar-refractivity contribution in [3.8, 4) is 0 Å². The Kier molecular flexibility index (Phi) is 5.00. The summed E-state index contributed by atoms with van der Waals surface area (Å²) in [6, 6.07) is 3.65. The number of hydrogen-bond acceptors (Lipinski definition) is 4. The third-order valence-corrected chi connectivity index (χ3v) is 6.48. The summed E-state index contributed by atoms with van der Waals surface area (Å²) < 4.78 is 27.9. The van der Waals surface area contributed by atoms with Gasteiger partial charge in [0.1, 0.15) is 4.21 Å². The molecule has 4 nitrogen and oxygen atoms in total. The minimum absolute atomic E-state index is 0.0763. The Morgan fingerprint density at radius 3 is 2.74 bits per heavy atom. The summed E-state index contributed by atoms with van der Waals surface area (Å²) in [5.74, 6) is 0.732. The number of nitrogens with one attached hydrogen (secondary N) is 2. The molecule has 1 heterocycles. The van der Waals surface area contributed by atoms with Crippen LogP contribution in [-0.4, -0.2) is 21.5 Å². The number of hydrogen-bond donors (Lipinski definition) is 2. The van der Waals surface area contributed by atoms with Crippen LogP contribution < -0.4 is 10.0 Å². The molecule has 108 valence electrons. The fourth-order valence-electron chi connectivity index (χ4n) is 2.10. The molecule has 1 saturated carbocycles. The first-order valence-electron chi connectivity index (χ1n) is 6.80. The number of sulfonamides is 1. The van der Waals surface area contributed by atoms with Crippen molar-refractivity contribution in [1.29, 1.82) is 0 Å². The van der Waals surface area contributed by atoms with Crippen molar-refractivity contribution >= 4 is 21.4 Å². The summed E-state index contributed by atoms with van der Waals surface area (Å²) in [6.45, 7) is 2.75. The van der Waals surface area contributed by atoms with E-state index in [1.54, 1.807) is 6.07 Å². The molecule has 1 unspecified atom stereocenters. The molecule has 1 aliphatic rings. The van der Waals surface area contributed by atoms with Crippen molar-refractivity contribution in [1.82, 2.24) is 10.0 Å². The van der Waals surface area contributed by atoms with Gasteiger partial charge in [0, 0.05) is 17.5 Å². The van der Waals surface area contributed by atoms with Gasteiger partial charge in [-0.2, -0.15) is 0 Å². The van der Waals surface area contributed by atoms with Gasteiger partial charge in [-0.1, -0.05) is 19.8 Å². The molecule has 6 heteroatoms. The quantitative estimate of drug-likeness (QED) is 0.775. The summed E-state index contributed by atoms with van der Waals surface area (Å²) >= 11 is 1.34. The Morgan fingerprint density at radius 2 is 2.16 bits per heavy atom. The molecule has 0 amide bonds. The number of rotatable bonds is 8. The minimum atomic E-state index is -3.35. The van der Waals surface area contributed by atoms with Gasteiger partial charge in [0.2, 0.25) is 10.0 Å². The van der Waals surface area contributed by atoms with Crippen LogP contribution in [0.2, 0.25) is 0 Å². The zero-order valence-electron chi connectivity index (χ0n) is 11.5. The predicted molar refractivity (Wildman–Crippen MR) is 78.8 cm³/mol. The molecule has 0 aromatic carbocycles. The van der Waals surface area contributed by atoms with E-state index in [1.807, 2.05) is 20.0 Å². The van der Waals surface area contributed by atoms with Crippen LogP contribution in [0.1, 0.15) is 37.5 Å². The summed E-state index contributed by atoms with van der Waals surface area (Å²) in [6.07, 6.45) is 4.34. The molecule has 0 bridgehead atoms. The van der Waals surface area contributed by atoms with E-state index in [0.717, 1.165) is 23.6 Å². The van der Waals surface area contributed by atoms with Gasteiger partial charge in [-0.05, 0) is 37.9 Å². The SMILES string of the molecule is CCC(CC1CC1)NS(=O)(=O)c1ccc(CNC)s1. The van der Waals surface area contributed by atoms with Crippen molar-refractivity contribution in [3.63, 3.8) is 0 Å². The second-order valence-electron chi connectivity index (χ2n) is 5.16. The van der Waals surface area contributed by atoms with Gasteiger partial charge in [-0.3, -0.25) is 0 Å². The van der Waals surface area contributed by atoms with E-state index in [2.05, 4.69) is 10.0 Å². The van der Waals surface area contributed by atoms with Crippen molar-refractivity contribution in [2.75, 3.05) is 7.05 Å². The summed E-state index contributed by atoms with van der Waals surface area (Å²) in [5, 5.41) is 3.03. The fraction of sp³-hybridized carbons (Fsp3) is 0.692. The monoisotopic (exact) mass is 302 g/mol. The summed E-state index contributed by atoms with van der Waals surface area (Å²) in [7, 11) is -1.49. The first kappa shape index (κ1) is 15.0. The topological polar surface area (TPSA) is 58.2 Å². The van der Waals surface area contributed by atoms with Gasteiger partial charge in [0.15, 0.2) is 0 Å². The highest BCUT2D eigenvalue weighted by Gasteiger charge is 2.28. The smallest absolute Gasteiger partial charge is 0.250 e. The zero-order valence-corrected chi connectivity index (χ0v) is 13.1. The molecule has 1 aromatic heterocycles. The average molecular weight is 302 g/mol. The lowest BCUT2D eigenvalue weighted by Crippen LogP contribution is -2.34. The first-order chi connectivity index (χ1) is 9.05. The van der Waals surface area contributed by atoms with Gasteiger partial charge in [-0.25, -0.2) is 13.1 Å². The molecule has 2 rings (SSSR count). The molecule has 1 fully saturated rings. The van der Waals surface area contributed by atoms with Gasteiger partial charge in [0.25, 0.3) is 0 Å². The molecule has 0 spiro atoms. The van der Waals surface area contributed by atoms with Crippen LogP contribution in [0.4, 0.5) is 0 Å². The van der Waals surface area contributed by atoms with E-state index < -0.39 is 10.0 Å². The number of thiophene rings is 1. The van der Waals surface area contributed by atoms with Gasteiger partial charge in [-0.15, -0.1) is 11.3 Å². The lowest BCUT2D eigenvalue weighted by atomic mass is 10.1. The average Bonchev–Trinajstić information content (AvgIpc) is 3.04. The molecule has 2 N–H and O–H groups in total. The molecular weight excluding hydrogens is 280 g/mol. The van der Waals surface area contributed by atoms with E-state index in [-0.39, 0.29) is 6.04 Å². The van der Waals surface area contributed by atoms with Crippen LogP contribution in [0, 0.1) is 5.92 Å². The van der Waals surface area contributed by atoms with E-state index in [4.69, 9.17) is 0 Å². The normalized spacial score (nSPS) is 17.6. The summed E-state index contributed by atoms with van der Waals surface area (Å²) in [4.78, 5) is 1.04. The molecular formula is C13H22N2O2S2. The maximum atomic E-state index is 12.3. The Bertz CT molecular complexity index is 506. The molecule has 1 aromatic rings. The predicted octanol–water partition coefficient (Wildman–Crippen LogP) is 2.32. The minimum Gasteiger partial charge on any atom is -0.315 e. The molecule has 1 aliphatic carbocycles. The maximum absolute atomic E-state index is 12.3. The van der Waals surface area contributed by atoms with E-state index in [1.165, 1.54) is 24.2 Å². The van der Waals surface area contributed by atoms with Crippen LogP contribution in [-0.2, 0) is 16.6 Å². The van der Waals surface area contributed by atoms with Crippen molar-refractivity contribution in [2.24, 2.45) is 5.92 Å². The Morgan fingerprint density at radius 1 is 1.42 bits per heavy atom. The summed E-state index contributed by atoms with van der Waals surface area (Å²) in [5.41, 5.74) is 0. The van der Waals surface area contributed by atoms with Crippen molar-refractivity contribution in [3.05, 3.63) is 17.0 Å². The molecule has 19 heavy (non-hydrogen) atoms. The second kappa shape index (κ2) is 6.35. The largest absolute Gasteiger partial charge is 0.315 e. The van der Waals surface area contributed by atoms with Crippen LogP contribution in [0.25, 0.3) is 0 Å². The highest BCUT2D eigenvalue weighted by atomic mass is 32.2.